The van der Waals surface area contributed by atoms with E-state index >= 15 is 0 Å². The largest absolute Gasteiger partial charge is 0.481 e. The molecule has 0 saturated carbocycles. The number of nitrogens with one attached hydrogen (secondary N) is 1. The highest BCUT2D eigenvalue weighted by Gasteiger charge is 2.19. The highest BCUT2D eigenvalue weighted by molar-refractivity contribution is 8.03. The standard InChI is InChI=1S/C6H9N3O3S/c1-12-9-13-3-4(2-5(10)11)8-6(13)7/h7H,2-3H2,1H3,(H,10,11). The first-order chi connectivity index (χ1) is 6.13. The normalized spacial score (nSPS) is 22.1. The van der Waals surface area contributed by atoms with Crippen LogP contribution in [0.25, 0.3) is 0 Å². The molecule has 0 aliphatic carbocycles. The lowest BCUT2D eigenvalue weighted by molar-refractivity contribution is -0.135. The molecular formula is C6H9N3O3S. The maximum Gasteiger partial charge on any atom is 0.309 e. The summed E-state index contributed by atoms with van der Waals surface area (Å²) in [6.45, 7) is 0. The Morgan fingerprint density at radius 1 is 1.92 bits per heavy atom. The molecule has 1 aliphatic rings. The van der Waals surface area contributed by atoms with E-state index in [0.29, 0.717) is 11.5 Å². The van der Waals surface area contributed by atoms with Crippen LogP contribution in [0.15, 0.2) is 9.52 Å². The number of nitrogens with zero attached hydrogens (tertiary/aromatic N) is 2. The van der Waals surface area contributed by atoms with E-state index in [1.807, 2.05) is 0 Å². The third kappa shape index (κ3) is 2.71. The first-order valence-corrected chi connectivity index (χ1v) is 4.80. The summed E-state index contributed by atoms with van der Waals surface area (Å²) >= 11 is 0. The smallest absolute Gasteiger partial charge is 0.309 e. The molecule has 0 aromatic heterocycles. The second-order valence-electron chi connectivity index (χ2n) is 2.32. The summed E-state index contributed by atoms with van der Waals surface area (Å²) in [7, 11) is 0.699. The van der Waals surface area contributed by atoms with E-state index in [9.17, 15) is 4.79 Å². The fraction of sp³-hybridized carbons (Fsp3) is 0.500. The molecule has 2 N–H and O–H groups in total. The number of aliphatic carboxylic acids is 1. The van der Waals surface area contributed by atoms with Crippen LogP contribution in [0.1, 0.15) is 6.42 Å². The van der Waals surface area contributed by atoms with E-state index in [-0.39, 0.29) is 11.6 Å². The Labute approximate surface area is 77.2 Å². The van der Waals surface area contributed by atoms with Gasteiger partial charge in [-0.1, -0.05) is 0 Å². The van der Waals surface area contributed by atoms with Gasteiger partial charge >= 0.3 is 5.97 Å². The van der Waals surface area contributed by atoms with Crippen molar-refractivity contribution in [3.63, 3.8) is 0 Å². The number of aliphatic imine (C=N–C) groups is 1. The van der Waals surface area contributed by atoms with Crippen molar-refractivity contribution in [1.82, 2.24) is 0 Å². The second-order valence-corrected chi connectivity index (χ2v) is 3.87. The molecule has 0 bridgehead atoms. The van der Waals surface area contributed by atoms with Gasteiger partial charge in [0.05, 0.1) is 19.3 Å². The van der Waals surface area contributed by atoms with Gasteiger partial charge in [-0.25, -0.2) is 9.83 Å². The predicted molar refractivity (Wildman–Crippen MR) is 49.1 cm³/mol. The molecule has 0 amide bonds. The summed E-state index contributed by atoms with van der Waals surface area (Å²) in [5.74, 6) is -0.534. The number of amidine groups is 1. The lowest BCUT2D eigenvalue weighted by Gasteiger charge is -1.93. The molecule has 0 spiro atoms. The molecular weight excluding hydrogens is 194 g/mol. The fourth-order valence-corrected chi connectivity index (χ4v) is 2.03. The molecule has 1 aliphatic heterocycles. The van der Waals surface area contributed by atoms with Gasteiger partial charge in [-0.3, -0.25) is 10.2 Å². The Bertz CT molecular complexity index is 310. The average Bonchev–Trinajstić information content (AvgIpc) is 2.31. The zero-order valence-electron chi connectivity index (χ0n) is 6.98. The number of hydrogen-bond acceptors (Lipinski definition) is 4. The van der Waals surface area contributed by atoms with Crippen LogP contribution in [0.4, 0.5) is 0 Å². The molecule has 6 nitrogen and oxygen atoms in total. The summed E-state index contributed by atoms with van der Waals surface area (Å²) in [5, 5.41) is 15.9. The molecule has 13 heavy (non-hydrogen) atoms. The van der Waals surface area contributed by atoms with Gasteiger partial charge in [-0.2, -0.15) is 0 Å². The quantitative estimate of drug-likeness (QED) is 0.642. The lowest BCUT2D eigenvalue weighted by atomic mass is 10.3. The molecule has 7 heteroatoms. The van der Waals surface area contributed by atoms with Gasteiger partial charge in [0.25, 0.3) is 0 Å². The summed E-state index contributed by atoms with van der Waals surface area (Å²) in [4.78, 5) is 18.6. The molecule has 0 aromatic carbocycles. The number of carbonyl (C=O) groups is 1. The zero-order valence-corrected chi connectivity index (χ0v) is 7.80. The van der Waals surface area contributed by atoms with Crippen molar-refractivity contribution in [1.29, 1.82) is 5.41 Å². The Morgan fingerprint density at radius 3 is 3.15 bits per heavy atom. The molecule has 1 unspecified atom stereocenters. The van der Waals surface area contributed by atoms with E-state index < -0.39 is 16.7 Å². The van der Waals surface area contributed by atoms with Gasteiger partial charge in [0.15, 0.2) is 5.17 Å². The van der Waals surface area contributed by atoms with Crippen LogP contribution in [0.2, 0.25) is 0 Å². The van der Waals surface area contributed by atoms with E-state index in [1.165, 1.54) is 7.11 Å². The van der Waals surface area contributed by atoms with Crippen LogP contribution in [0.3, 0.4) is 0 Å². The number of carboxylic acids is 1. The Hall–Kier alpha value is -1.08. The minimum Gasteiger partial charge on any atom is -0.481 e. The number of carboxylic acid groups (broad SMARTS) is 1. The van der Waals surface area contributed by atoms with Crippen molar-refractivity contribution in [2.75, 3.05) is 12.9 Å². The molecule has 0 saturated heterocycles. The molecule has 72 valence electrons. The van der Waals surface area contributed by atoms with Crippen molar-refractivity contribution in [2.45, 2.75) is 6.42 Å². The third-order valence-corrected chi connectivity index (χ3v) is 2.78. The van der Waals surface area contributed by atoms with E-state index in [0.717, 1.165) is 0 Å². The van der Waals surface area contributed by atoms with Crippen molar-refractivity contribution >= 4 is 27.5 Å². The van der Waals surface area contributed by atoms with E-state index in [2.05, 4.69) is 14.4 Å². The average molecular weight is 203 g/mol. The highest BCUT2D eigenvalue weighted by Crippen LogP contribution is 2.07. The second kappa shape index (κ2) is 4.24. The SMILES string of the molecule is CON=S1CC(CC(=O)O)=NC1=N. The first kappa shape index (κ1) is 10.0. The summed E-state index contributed by atoms with van der Waals surface area (Å²) in [6, 6.07) is 0. The topological polar surface area (TPSA) is 95.1 Å². The fourth-order valence-electron chi connectivity index (χ4n) is 0.871. The maximum atomic E-state index is 10.3. The maximum absolute atomic E-state index is 10.3. The van der Waals surface area contributed by atoms with E-state index in [1.54, 1.807) is 0 Å². The van der Waals surface area contributed by atoms with Crippen LogP contribution in [0, 0.1) is 5.41 Å². The summed E-state index contributed by atoms with van der Waals surface area (Å²) < 4.78 is 3.66. The molecule has 0 aromatic rings. The Kier molecular flexibility index (Phi) is 3.26. The van der Waals surface area contributed by atoms with Gasteiger partial charge in [-0.05, 0) is 0 Å². The predicted octanol–water partition coefficient (Wildman–Crippen LogP) is 0.214. The summed E-state index contributed by atoms with van der Waals surface area (Å²) in [5.41, 5.74) is 0.488. The zero-order chi connectivity index (χ0) is 9.84. The van der Waals surface area contributed by atoms with Crippen molar-refractivity contribution < 1.29 is 14.7 Å². The van der Waals surface area contributed by atoms with Crippen LogP contribution >= 0.6 is 0 Å². The van der Waals surface area contributed by atoms with Gasteiger partial charge < -0.3 is 5.11 Å². The Balaban J connectivity index is 2.65. The minimum absolute atomic E-state index is 0.0955. The minimum atomic E-state index is -0.936. The molecule has 1 heterocycles. The van der Waals surface area contributed by atoms with Crippen LogP contribution in [-0.2, 0) is 20.3 Å². The van der Waals surface area contributed by atoms with Gasteiger partial charge in [0.2, 0.25) is 0 Å². The molecule has 1 rings (SSSR count). The van der Waals surface area contributed by atoms with Crippen LogP contribution in [0.5, 0.6) is 0 Å². The van der Waals surface area contributed by atoms with Crippen molar-refractivity contribution in [3.05, 3.63) is 0 Å². The van der Waals surface area contributed by atoms with Crippen LogP contribution in [-0.4, -0.2) is 34.8 Å². The van der Waals surface area contributed by atoms with E-state index in [4.69, 9.17) is 10.5 Å². The lowest BCUT2D eigenvalue weighted by Crippen LogP contribution is -2.09. The van der Waals surface area contributed by atoms with Gasteiger partial charge in [-0.15, -0.1) is 4.53 Å². The monoisotopic (exact) mass is 203 g/mol. The molecule has 1 atom stereocenters. The van der Waals surface area contributed by atoms with Crippen molar-refractivity contribution in [2.24, 2.45) is 9.52 Å². The van der Waals surface area contributed by atoms with Gasteiger partial charge in [0.1, 0.15) is 0 Å². The van der Waals surface area contributed by atoms with Gasteiger partial charge in [0, 0.05) is 16.4 Å². The Morgan fingerprint density at radius 2 is 2.62 bits per heavy atom. The number of hydrogen-bond donors (Lipinski definition) is 2. The summed E-state index contributed by atoms with van der Waals surface area (Å²) in [6.07, 6.45) is -0.120. The third-order valence-electron chi connectivity index (χ3n) is 1.31. The molecule has 0 fully saturated rings. The van der Waals surface area contributed by atoms with Crippen LogP contribution < -0.4 is 0 Å². The first-order valence-electron chi connectivity index (χ1n) is 3.45. The number of rotatable bonds is 3. The van der Waals surface area contributed by atoms with Crippen molar-refractivity contribution in [3.8, 4) is 0 Å². The molecule has 0 radical (unpaired) electrons. The highest BCUT2D eigenvalue weighted by atomic mass is 32.2.